The minimum absolute atomic E-state index is 0.420. The molecule has 2 saturated carbocycles. The average molecular weight is 450 g/mol. The summed E-state index contributed by atoms with van der Waals surface area (Å²) in [7, 11) is 2.08. The Hall–Kier alpha value is -3.12. The van der Waals surface area contributed by atoms with Crippen LogP contribution in [0.1, 0.15) is 74.0 Å². The lowest BCUT2D eigenvalue weighted by atomic mass is 9.78. The summed E-state index contributed by atoms with van der Waals surface area (Å²) in [5, 5.41) is 12.3. The van der Waals surface area contributed by atoms with Gasteiger partial charge in [0.25, 0.3) is 0 Å². The van der Waals surface area contributed by atoms with Crippen LogP contribution in [-0.2, 0) is 7.05 Å². The Balaban J connectivity index is 1.51. The summed E-state index contributed by atoms with van der Waals surface area (Å²) in [6.07, 6.45) is 12.7. The first kappa shape index (κ1) is 21.4. The highest BCUT2D eigenvalue weighted by atomic mass is 16.3. The summed E-state index contributed by atoms with van der Waals surface area (Å²) >= 11 is 0. The van der Waals surface area contributed by atoms with Crippen molar-refractivity contribution < 1.29 is 8.98 Å². The molecule has 2 aromatic heterocycles. The van der Waals surface area contributed by atoms with E-state index in [1.54, 1.807) is 0 Å². The summed E-state index contributed by atoms with van der Waals surface area (Å²) in [4.78, 5) is 0. The Labute approximate surface area is 202 Å². The Morgan fingerprint density at radius 3 is 2.47 bits per heavy atom. The number of hydrogen-bond donors (Lipinski definition) is 0. The number of nitriles is 1. The van der Waals surface area contributed by atoms with Gasteiger partial charge in [-0.3, -0.25) is 0 Å². The normalized spacial score (nSPS) is 21.3. The molecule has 6 rings (SSSR count). The highest BCUT2D eigenvalue weighted by molar-refractivity contribution is 6.11. The zero-order valence-electron chi connectivity index (χ0n) is 20.3. The molecule has 4 aromatic rings. The molecule has 34 heavy (non-hydrogen) atoms. The van der Waals surface area contributed by atoms with Crippen LogP contribution in [0.25, 0.3) is 33.2 Å². The van der Waals surface area contributed by atoms with E-state index in [1.165, 1.54) is 56.9 Å². The molecule has 2 aliphatic rings. The smallest absolute Gasteiger partial charge is 0.216 e. The lowest BCUT2D eigenvalue weighted by Crippen LogP contribution is -2.30. The minimum Gasteiger partial charge on any atom is -0.455 e. The summed E-state index contributed by atoms with van der Waals surface area (Å²) in [5.41, 5.74) is 7.33. The SMILES string of the molecule is Cc1ccc2c(oc3c(C4CCC(C5CCCCC5)C4)c(C#N)ccc32)c1-c1cccc[n+]1C. The highest BCUT2D eigenvalue weighted by Gasteiger charge is 2.35. The van der Waals surface area contributed by atoms with Crippen molar-refractivity contribution in [3.8, 4) is 17.3 Å². The van der Waals surface area contributed by atoms with Gasteiger partial charge < -0.3 is 4.42 Å². The van der Waals surface area contributed by atoms with Crippen molar-refractivity contribution in [3.63, 3.8) is 0 Å². The van der Waals surface area contributed by atoms with E-state index in [4.69, 9.17) is 4.42 Å². The van der Waals surface area contributed by atoms with Crippen LogP contribution in [0.3, 0.4) is 0 Å². The molecule has 2 atom stereocenters. The molecular weight excluding hydrogens is 416 g/mol. The van der Waals surface area contributed by atoms with Gasteiger partial charge in [0.1, 0.15) is 18.2 Å². The van der Waals surface area contributed by atoms with E-state index in [9.17, 15) is 5.26 Å². The molecule has 0 bridgehead atoms. The molecule has 3 nitrogen and oxygen atoms in total. The van der Waals surface area contributed by atoms with Gasteiger partial charge in [-0.15, -0.1) is 0 Å². The number of hydrogen-bond acceptors (Lipinski definition) is 2. The molecule has 0 aliphatic heterocycles. The number of nitrogens with zero attached hydrogens (tertiary/aromatic N) is 2. The number of fused-ring (bicyclic) bond motifs is 3. The maximum Gasteiger partial charge on any atom is 0.216 e. The Kier molecular flexibility index (Phi) is 5.41. The summed E-state index contributed by atoms with van der Waals surface area (Å²) in [6, 6.07) is 17.3. The molecule has 0 radical (unpaired) electrons. The molecule has 0 N–H and O–H groups in total. The van der Waals surface area contributed by atoms with Gasteiger partial charge in [0.2, 0.25) is 5.69 Å². The first-order valence-electron chi connectivity index (χ1n) is 13.0. The van der Waals surface area contributed by atoms with Crippen LogP contribution in [0.4, 0.5) is 0 Å². The van der Waals surface area contributed by atoms with Crippen molar-refractivity contribution in [2.45, 2.75) is 64.2 Å². The topological polar surface area (TPSA) is 40.8 Å². The van der Waals surface area contributed by atoms with Crippen LogP contribution < -0.4 is 4.57 Å². The number of aryl methyl sites for hydroxylation is 2. The first-order chi connectivity index (χ1) is 16.7. The van der Waals surface area contributed by atoms with E-state index in [2.05, 4.69) is 67.2 Å². The predicted octanol–water partition coefficient (Wildman–Crippen LogP) is 7.72. The first-order valence-corrected chi connectivity index (χ1v) is 13.0. The van der Waals surface area contributed by atoms with Crippen molar-refractivity contribution in [2.24, 2.45) is 18.9 Å². The quantitative estimate of drug-likeness (QED) is 0.300. The van der Waals surface area contributed by atoms with Crippen molar-refractivity contribution >= 4 is 21.9 Å². The highest BCUT2D eigenvalue weighted by Crippen LogP contribution is 2.49. The van der Waals surface area contributed by atoms with E-state index in [0.717, 1.165) is 56.2 Å². The monoisotopic (exact) mass is 449 g/mol. The number of benzene rings is 2. The number of aromatic nitrogens is 1. The van der Waals surface area contributed by atoms with Crippen LogP contribution in [0.5, 0.6) is 0 Å². The van der Waals surface area contributed by atoms with Gasteiger partial charge in [-0.05, 0) is 67.7 Å². The molecule has 2 aliphatic carbocycles. The molecule has 0 spiro atoms. The second kappa shape index (κ2) is 8.58. The van der Waals surface area contributed by atoms with E-state index in [0.29, 0.717) is 5.92 Å². The molecule has 2 heterocycles. The van der Waals surface area contributed by atoms with Crippen LogP contribution in [0.2, 0.25) is 0 Å². The molecule has 2 fully saturated rings. The predicted molar refractivity (Wildman–Crippen MR) is 136 cm³/mol. The molecule has 0 amide bonds. The minimum atomic E-state index is 0.420. The van der Waals surface area contributed by atoms with Crippen LogP contribution in [-0.4, -0.2) is 0 Å². The third-order valence-electron chi connectivity index (χ3n) is 8.69. The average Bonchev–Trinajstić information content (AvgIpc) is 3.50. The van der Waals surface area contributed by atoms with Gasteiger partial charge in [-0.1, -0.05) is 44.2 Å². The van der Waals surface area contributed by atoms with E-state index in [-0.39, 0.29) is 0 Å². The molecular formula is C31H33N2O+. The number of rotatable bonds is 3. The second-order valence-electron chi connectivity index (χ2n) is 10.6. The fourth-order valence-electron chi connectivity index (χ4n) is 6.94. The number of furan rings is 1. The standard InChI is InChI=1S/C31H33N2O/c1-20-11-15-25-26-16-14-24(19-32)29(23-13-12-22(18-23)21-8-4-3-5-9-21)31(26)34-30(25)28(20)27-10-6-7-17-33(27)2/h6-7,10-11,14-17,21-23H,3-5,8-9,12-13,18H2,1-2H3/q+1. The lowest BCUT2D eigenvalue weighted by Gasteiger charge is -2.27. The van der Waals surface area contributed by atoms with Crippen molar-refractivity contribution in [1.29, 1.82) is 5.26 Å². The van der Waals surface area contributed by atoms with Gasteiger partial charge in [-0.2, -0.15) is 5.26 Å². The Morgan fingerprint density at radius 2 is 1.68 bits per heavy atom. The van der Waals surface area contributed by atoms with Gasteiger partial charge >= 0.3 is 0 Å². The van der Waals surface area contributed by atoms with Gasteiger partial charge in [0.05, 0.1) is 17.2 Å². The van der Waals surface area contributed by atoms with E-state index >= 15 is 0 Å². The van der Waals surface area contributed by atoms with Crippen LogP contribution in [0, 0.1) is 30.1 Å². The van der Waals surface area contributed by atoms with Crippen molar-refractivity contribution in [1.82, 2.24) is 0 Å². The van der Waals surface area contributed by atoms with Gasteiger partial charge in [-0.25, -0.2) is 4.57 Å². The fourth-order valence-corrected chi connectivity index (χ4v) is 6.94. The zero-order valence-corrected chi connectivity index (χ0v) is 20.3. The molecule has 0 saturated heterocycles. The molecule has 2 unspecified atom stereocenters. The third kappa shape index (κ3) is 3.43. The summed E-state index contributed by atoms with van der Waals surface area (Å²) in [6.45, 7) is 2.16. The summed E-state index contributed by atoms with van der Waals surface area (Å²) < 4.78 is 8.93. The van der Waals surface area contributed by atoms with Crippen LogP contribution in [0.15, 0.2) is 53.1 Å². The molecule has 2 aromatic carbocycles. The maximum absolute atomic E-state index is 10.0. The fraction of sp³-hybridized carbons (Fsp3) is 0.419. The third-order valence-corrected chi connectivity index (χ3v) is 8.69. The summed E-state index contributed by atoms with van der Waals surface area (Å²) in [5.74, 6) is 2.10. The number of pyridine rings is 1. The Morgan fingerprint density at radius 1 is 0.882 bits per heavy atom. The zero-order chi connectivity index (χ0) is 23.2. The largest absolute Gasteiger partial charge is 0.455 e. The molecule has 172 valence electrons. The Bertz CT molecular complexity index is 1420. The second-order valence-corrected chi connectivity index (χ2v) is 10.6. The van der Waals surface area contributed by atoms with Crippen LogP contribution >= 0.6 is 0 Å². The molecule has 3 heteroatoms. The lowest BCUT2D eigenvalue weighted by molar-refractivity contribution is -0.660. The van der Waals surface area contributed by atoms with Crippen molar-refractivity contribution in [2.75, 3.05) is 0 Å². The van der Waals surface area contributed by atoms with Gasteiger partial charge in [0, 0.05) is 28.5 Å². The van der Waals surface area contributed by atoms with Gasteiger partial charge in [0.15, 0.2) is 6.20 Å². The van der Waals surface area contributed by atoms with E-state index in [1.807, 2.05) is 6.07 Å². The van der Waals surface area contributed by atoms with E-state index < -0.39 is 0 Å². The maximum atomic E-state index is 10.0. The van der Waals surface area contributed by atoms with Crippen molar-refractivity contribution in [3.05, 3.63) is 65.4 Å².